The van der Waals surface area contributed by atoms with Crippen LogP contribution in [-0.2, 0) is 0 Å². The van der Waals surface area contributed by atoms with Gasteiger partial charge in [0.1, 0.15) is 0 Å². The molecular formula is C6H10N2S. The quantitative estimate of drug-likeness (QED) is 0.363. The van der Waals surface area contributed by atoms with Gasteiger partial charge in [-0.3, -0.25) is 0 Å². The Morgan fingerprint density at radius 3 is 2.89 bits per heavy atom. The Bertz CT molecular complexity index is 134. The summed E-state index contributed by atoms with van der Waals surface area (Å²) in [6.45, 7) is 2.50. The van der Waals surface area contributed by atoms with E-state index in [4.69, 9.17) is 5.41 Å². The molecule has 0 spiro atoms. The van der Waals surface area contributed by atoms with E-state index >= 15 is 0 Å². The lowest BCUT2D eigenvalue weighted by Gasteiger charge is -1.90. The normalized spacial score (nSPS) is 8.11. The lowest BCUT2D eigenvalue weighted by atomic mass is 10.2. The largest absolute Gasteiger partial charge is 0.310 e. The summed E-state index contributed by atoms with van der Waals surface area (Å²) in [7, 11) is 0. The molecule has 0 aliphatic heterocycles. The molecule has 2 nitrogen and oxygen atoms in total. The van der Waals surface area contributed by atoms with Crippen LogP contribution in [0.2, 0.25) is 0 Å². The Morgan fingerprint density at radius 2 is 2.44 bits per heavy atom. The van der Waals surface area contributed by atoms with Crippen LogP contribution in [0.3, 0.4) is 0 Å². The lowest BCUT2D eigenvalue weighted by Crippen LogP contribution is -1.89. The summed E-state index contributed by atoms with van der Waals surface area (Å²) in [4.78, 5) is 3.71. The van der Waals surface area contributed by atoms with Gasteiger partial charge in [-0.2, -0.15) is 0 Å². The third kappa shape index (κ3) is 7.47. The van der Waals surface area contributed by atoms with Gasteiger partial charge in [0.15, 0.2) is 0 Å². The van der Waals surface area contributed by atoms with Crippen molar-refractivity contribution >= 4 is 23.1 Å². The Balaban J connectivity index is 3.10. The number of rotatable bonds is 4. The molecule has 0 aromatic rings. The number of thiocarbonyl (C=S) groups is 1. The van der Waals surface area contributed by atoms with E-state index in [0.717, 1.165) is 12.8 Å². The molecule has 0 heterocycles. The van der Waals surface area contributed by atoms with E-state index in [1.165, 1.54) is 0 Å². The molecule has 0 saturated carbocycles. The van der Waals surface area contributed by atoms with Crippen molar-refractivity contribution in [2.75, 3.05) is 6.54 Å². The molecule has 0 unspecified atom stereocenters. The predicted octanol–water partition coefficient (Wildman–Crippen LogP) is 1.91. The summed E-state index contributed by atoms with van der Waals surface area (Å²) in [5.41, 5.74) is 0.703. The molecule has 0 radical (unpaired) electrons. The van der Waals surface area contributed by atoms with Gasteiger partial charge in [-0.1, -0.05) is 0 Å². The van der Waals surface area contributed by atoms with E-state index in [1.807, 2.05) is 0 Å². The highest BCUT2D eigenvalue weighted by Crippen LogP contribution is 1.89. The van der Waals surface area contributed by atoms with Crippen LogP contribution in [0.15, 0.2) is 4.99 Å². The Morgan fingerprint density at radius 1 is 1.78 bits per heavy atom. The topological polar surface area (TPSA) is 36.2 Å². The van der Waals surface area contributed by atoms with E-state index in [1.54, 1.807) is 6.92 Å². The highest BCUT2D eigenvalue weighted by atomic mass is 32.1. The van der Waals surface area contributed by atoms with Crippen LogP contribution in [0.1, 0.15) is 19.8 Å². The van der Waals surface area contributed by atoms with Crippen molar-refractivity contribution in [1.29, 1.82) is 5.41 Å². The third-order valence-corrected chi connectivity index (χ3v) is 1.02. The second-order valence-electron chi connectivity index (χ2n) is 1.86. The van der Waals surface area contributed by atoms with Crippen molar-refractivity contribution in [3.63, 3.8) is 0 Å². The molecule has 0 fully saturated rings. The molecule has 3 heteroatoms. The van der Waals surface area contributed by atoms with Crippen molar-refractivity contribution in [1.82, 2.24) is 0 Å². The predicted molar refractivity (Wildman–Crippen MR) is 42.5 cm³/mol. The fourth-order valence-corrected chi connectivity index (χ4v) is 0.560. The summed E-state index contributed by atoms with van der Waals surface area (Å²) in [6, 6.07) is 0. The van der Waals surface area contributed by atoms with Gasteiger partial charge < -0.3 is 5.41 Å². The molecule has 50 valence electrons. The van der Waals surface area contributed by atoms with Crippen LogP contribution in [-0.4, -0.2) is 17.4 Å². The van der Waals surface area contributed by atoms with E-state index in [-0.39, 0.29) is 0 Å². The molecule has 0 amide bonds. The van der Waals surface area contributed by atoms with Crippen molar-refractivity contribution < 1.29 is 0 Å². The summed E-state index contributed by atoms with van der Waals surface area (Å²) >= 11 is 4.36. The SMILES string of the molecule is CC(=N)CCCN=C=S. The molecule has 9 heavy (non-hydrogen) atoms. The first-order valence-corrected chi connectivity index (χ1v) is 3.26. The summed E-state index contributed by atoms with van der Waals surface area (Å²) in [6.07, 6.45) is 1.74. The Hall–Kier alpha value is -0.530. The van der Waals surface area contributed by atoms with Crippen molar-refractivity contribution in [2.45, 2.75) is 19.8 Å². The van der Waals surface area contributed by atoms with Crippen LogP contribution in [0, 0.1) is 5.41 Å². The first kappa shape index (κ1) is 8.47. The van der Waals surface area contributed by atoms with E-state index in [9.17, 15) is 0 Å². The van der Waals surface area contributed by atoms with Gasteiger partial charge in [0.05, 0.1) is 5.16 Å². The smallest absolute Gasteiger partial charge is 0.0584 e. The van der Waals surface area contributed by atoms with Crippen LogP contribution >= 0.6 is 12.2 Å². The molecule has 0 aliphatic carbocycles. The monoisotopic (exact) mass is 142 g/mol. The average Bonchev–Trinajstić information content (AvgIpc) is 1.80. The van der Waals surface area contributed by atoms with Crippen molar-refractivity contribution in [3.8, 4) is 0 Å². The zero-order valence-corrected chi connectivity index (χ0v) is 6.29. The standard InChI is InChI=1S/C6H10N2S/c1-6(7)3-2-4-8-5-9/h7H,2-4H2,1H3. The number of isothiocyanates is 1. The van der Waals surface area contributed by atoms with Gasteiger partial charge in [-0.15, -0.1) is 0 Å². The highest BCUT2D eigenvalue weighted by Gasteiger charge is 1.85. The minimum Gasteiger partial charge on any atom is -0.310 e. The molecule has 0 atom stereocenters. The average molecular weight is 142 g/mol. The number of hydrogen-bond acceptors (Lipinski definition) is 3. The lowest BCUT2D eigenvalue weighted by molar-refractivity contribution is 0.877. The fraction of sp³-hybridized carbons (Fsp3) is 0.667. The molecular weight excluding hydrogens is 132 g/mol. The number of nitrogens with one attached hydrogen (secondary N) is 1. The first-order valence-electron chi connectivity index (χ1n) is 2.85. The number of nitrogens with zero attached hydrogens (tertiary/aromatic N) is 1. The van der Waals surface area contributed by atoms with Gasteiger partial charge >= 0.3 is 0 Å². The summed E-state index contributed by atoms with van der Waals surface area (Å²) in [5.74, 6) is 0. The second kappa shape index (κ2) is 5.60. The summed E-state index contributed by atoms with van der Waals surface area (Å²) < 4.78 is 0. The van der Waals surface area contributed by atoms with Crippen LogP contribution in [0.25, 0.3) is 0 Å². The van der Waals surface area contributed by atoms with Crippen LogP contribution in [0.5, 0.6) is 0 Å². The molecule has 1 N–H and O–H groups in total. The van der Waals surface area contributed by atoms with Gasteiger partial charge in [0.2, 0.25) is 0 Å². The van der Waals surface area contributed by atoms with E-state index in [2.05, 4.69) is 22.4 Å². The van der Waals surface area contributed by atoms with Gasteiger partial charge in [0.25, 0.3) is 0 Å². The maximum absolute atomic E-state index is 7.04. The van der Waals surface area contributed by atoms with Gasteiger partial charge in [-0.05, 0) is 32.0 Å². The van der Waals surface area contributed by atoms with Gasteiger partial charge in [0, 0.05) is 12.3 Å². The fourth-order valence-electron chi connectivity index (χ4n) is 0.469. The zero-order valence-electron chi connectivity index (χ0n) is 5.48. The zero-order chi connectivity index (χ0) is 7.11. The number of aliphatic imine (C=N–C) groups is 1. The molecule has 0 aromatic carbocycles. The van der Waals surface area contributed by atoms with E-state index in [0.29, 0.717) is 12.3 Å². The third-order valence-electron chi connectivity index (χ3n) is 0.886. The molecule has 0 aliphatic rings. The van der Waals surface area contributed by atoms with Crippen LogP contribution < -0.4 is 0 Å². The highest BCUT2D eigenvalue weighted by molar-refractivity contribution is 7.78. The van der Waals surface area contributed by atoms with Gasteiger partial charge in [-0.25, -0.2) is 4.99 Å². The molecule has 0 rings (SSSR count). The number of hydrogen-bond donors (Lipinski definition) is 1. The van der Waals surface area contributed by atoms with Crippen LogP contribution in [0.4, 0.5) is 0 Å². The molecule has 0 bridgehead atoms. The molecule has 0 saturated heterocycles. The summed E-state index contributed by atoms with van der Waals surface area (Å²) in [5, 5.41) is 9.32. The minimum atomic E-state index is 0.703. The van der Waals surface area contributed by atoms with E-state index < -0.39 is 0 Å². The Labute approximate surface area is 60.5 Å². The minimum absolute atomic E-state index is 0.703. The second-order valence-corrected chi connectivity index (χ2v) is 2.04. The first-order chi connectivity index (χ1) is 4.27. The van der Waals surface area contributed by atoms with Crippen molar-refractivity contribution in [2.24, 2.45) is 4.99 Å². The van der Waals surface area contributed by atoms with Crippen molar-refractivity contribution in [3.05, 3.63) is 0 Å². The maximum Gasteiger partial charge on any atom is 0.0584 e. The maximum atomic E-state index is 7.04. The molecule has 0 aromatic heterocycles. The Kier molecular flexibility index (Phi) is 5.27.